The number of carbonyl (C=O) groups is 1. The lowest BCUT2D eigenvalue weighted by molar-refractivity contribution is 0.0955. The van der Waals surface area contributed by atoms with E-state index >= 15 is 0 Å². The predicted octanol–water partition coefficient (Wildman–Crippen LogP) is 4.52. The number of hydrogen-bond acceptors (Lipinski definition) is 3. The number of amides is 1. The molecular weight excluding hydrogens is 360 g/mol. The first-order chi connectivity index (χ1) is 13.0. The molecule has 0 unspecified atom stereocenters. The lowest BCUT2D eigenvalue weighted by Gasteiger charge is -2.11. The summed E-state index contributed by atoms with van der Waals surface area (Å²) in [5, 5.41) is 9.02. The molecule has 4 rings (SSSR count). The molecule has 140 valence electrons. The van der Waals surface area contributed by atoms with Crippen molar-refractivity contribution in [3.8, 4) is 0 Å². The van der Waals surface area contributed by atoms with Gasteiger partial charge in [0.2, 0.25) is 0 Å². The molecule has 6 heteroatoms. The number of nitrogens with one attached hydrogen (secondary N) is 1. The zero-order valence-electron chi connectivity index (χ0n) is 15.6. The van der Waals surface area contributed by atoms with Crippen LogP contribution in [-0.2, 0) is 6.42 Å². The van der Waals surface area contributed by atoms with Crippen LogP contribution < -0.4 is 5.32 Å². The van der Waals surface area contributed by atoms with Crippen LogP contribution in [0.15, 0.2) is 36.5 Å². The maximum Gasteiger partial charge on any atom is 0.252 e. The third kappa shape index (κ3) is 3.83. The van der Waals surface area contributed by atoms with E-state index < -0.39 is 0 Å². The van der Waals surface area contributed by atoms with Crippen molar-refractivity contribution in [2.75, 3.05) is 6.54 Å². The highest BCUT2D eigenvalue weighted by atomic mass is 35.5. The Morgan fingerprint density at radius 2 is 2.15 bits per heavy atom. The van der Waals surface area contributed by atoms with Crippen molar-refractivity contribution in [2.45, 2.75) is 45.1 Å². The molecule has 1 saturated carbocycles. The maximum atomic E-state index is 12.9. The number of nitrogens with zero attached hydrogens (tertiary/aromatic N) is 3. The van der Waals surface area contributed by atoms with Gasteiger partial charge < -0.3 is 5.32 Å². The van der Waals surface area contributed by atoms with E-state index in [1.807, 2.05) is 35.0 Å². The summed E-state index contributed by atoms with van der Waals surface area (Å²) < 4.78 is 1.89. The molecule has 3 aromatic rings. The number of aromatic nitrogens is 3. The Morgan fingerprint density at radius 3 is 2.85 bits per heavy atom. The molecule has 1 aliphatic carbocycles. The molecule has 1 N–H and O–H groups in total. The SMILES string of the molecule is CC(C)n1ncc2c(C(=O)NCCc3cccc(Cl)c3)cc(C3CC3)nc21. The second-order valence-corrected chi connectivity index (χ2v) is 7.86. The molecule has 2 heterocycles. The van der Waals surface area contributed by atoms with Crippen molar-refractivity contribution in [3.63, 3.8) is 0 Å². The van der Waals surface area contributed by atoms with Crippen LogP contribution in [0.1, 0.15) is 60.3 Å². The maximum absolute atomic E-state index is 12.9. The van der Waals surface area contributed by atoms with Crippen molar-refractivity contribution in [1.29, 1.82) is 0 Å². The Morgan fingerprint density at radius 1 is 1.33 bits per heavy atom. The van der Waals surface area contributed by atoms with Crippen molar-refractivity contribution in [1.82, 2.24) is 20.1 Å². The van der Waals surface area contributed by atoms with E-state index in [0.717, 1.165) is 41.6 Å². The Kier molecular flexibility index (Phi) is 4.87. The Hall–Kier alpha value is -2.40. The van der Waals surface area contributed by atoms with Crippen molar-refractivity contribution >= 4 is 28.5 Å². The van der Waals surface area contributed by atoms with Crippen LogP contribution in [0, 0.1) is 0 Å². The predicted molar refractivity (Wildman–Crippen MR) is 107 cm³/mol. The second kappa shape index (κ2) is 7.31. The molecule has 1 amide bonds. The lowest BCUT2D eigenvalue weighted by Crippen LogP contribution is -2.26. The quantitative estimate of drug-likeness (QED) is 0.682. The summed E-state index contributed by atoms with van der Waals surface area (Å²) in [6.07, 6.45) is 4.78. The van der Waals surface area contributed by atoms with E-state index in [-0.39, 0.29) is 11.9 Å². The molecular formula is C21H23ClN4O. The summed E-state index contributed by atoms with van der Waals surface area (Å²) in [6.45, 7) is 4.70. The molecule has 0 atom stereocenters. The molecule has 1 fully saturated rings. The smallest absolute Gasteiger partial charge is 0.252 e. The Labute approximate surface area is 163 Å². The van der Waals surface area contributed by atoms with Crippen molar-refractivity contribution in [3.05, 3.63) is 58.4 Å². The molecule has 1 aliphatic rings. The molecule has 0 bridgehead atoms. The Bertz CT molecular complexity index is 991. The molecule has 27 heavy (non-hydrogen) atoms. The molecule has 0 aliphatic heterocycles. The van der Waals surface area contributed by atoms with Gasteiger partial charge in [-0.25, -0.2) is 9.67 Å². The van der Waals surface area contributed by atoms with Crippen LogP contribution in [0.3, 0.4) is 0 Å². The number of carbonyl (C=O) groups excluding carboxylic acids is 1. The van der Waals surface area contributed by atoms with E-state index in [1.165, 1.54) is 0 Å². The highest BCUT2D eigenvalue weighted by Gasteiger charge is 2.28. The summed E-state index contributed by atoms with van der Waals surface area (Å²) in [7, 11) is 0. The molecule has 0 spiro atoms. The summed E-state index contributed by atoms with van der Waals surface area (Å²) in [5.74, 6) is 0.401. The van der Waals surface area contributed by atoms with E-state index in [2.05, 4.69) is 24.3 Å². The van der Waals surface area contributed by atoms with Crippen LogP contribution in [0.4, 0.5) is 0 Å². The first-order valence-electron chi connectivity index (χ1n) is 9.43. The fourth-order valence-corrected chi connectivity index (χ4v) is 3.51. The zero-order chi connectivity index (χ0) is 19.0. The molecule has 5 nitrogen and oxygen atoms in total. The summed E-state index contributed by atoms with van der Waals surface area (Å²) in [6, 6.07) is 9.86. The van der Waals surface area contributed by atoms with Gasteiger partial charge in [0.15, 0.2) is 5.65 Å². The van der Waals surface area contributed by atoms with Crippen LogP contribution >= 0.6 is 11.6 Å². The van der Waals surface area contributed by atoms with E-state index in [4.69, 9.17) is 16.6 Å². The highest BCUT2D eigenvalue weighted by Crippen LogP contribution is 2.40. The van der Waals surface area contributed by atoms with Gasteiger partial charge in [-0.15, -0.1) is 0 Å². The Balaban J connectivity index is 1.57. The van der Waals surface area contributed by atoms with Gasteiger partial charge in [0.05, 0.1) is 17.1 Å². The number of rotatable bonds is 6. The van der Waals surface area contributed by atoms with Crippen molar-refractivity contribution < 1.29 is 4.79 Å². The topological polar surface area (TPSA) is 59.8 Å². The van der Waals surface area contributed by atoms with Gasteiger partial charge in [-0.05, 0) is 56.9 Å². The standard InChI is InChI=1S/C21H23ClN4O/c1-13(2)26-20-18(12-24-26)17(11-19(25-20)15-6-7-15)21(27)23-9-8-14-4-3-5-16(22)10-14/h3-5,10-13,15H,6-9H2,1-2H3,(H,23,27). The summed E-state index contributed by atoms with van der Waals surface area (Å²) in [4.78, 5) is 17.7. The zero-order valence-corrected chi connectivity index (χ0v) is 16.3. The average Bonchev–Trinajstić information content (AvgIpc) is 3.39. The minimum absolute atomic E-state index is 0.0744. The summed E-state index contributed by atoms with van der Waals surface area (Å²) in [5.41, 5.74) is 3.58. The van der Waals surface area contributed by atoms with Gasteiger partial charge in [0.25, 0.3) is 5.91 Å². The number of hydrogen-bond donors (Lipinski definition) is 1. The second-order valence-electron chi connectivity index (χ2n) is 7.42. The number of benzene rings is 1. The third-order valence-corrected chi connectivity index (χ3v) is 5.14. The largest absolute Gasteiger partial charge is 0.352 e. The fourth-order valence-electron chi connectivity index (χ4n) is 3.30. The van der Waals surface area contributed by atoms with Crippen LogP contribution in [0.25, 0.3) is 11.0 Å². The lowest BCUT2D eigenvalue weighted by atomic mass is 10.1. The fraction of sp³-hybridized carbons (Fsp3) is 0.381. The number of fused-ring (bicyclic) bond motifs is 1. The van der Waals surface area contributed by atoms with E-state index in [1.54, 1.807) is 6.20 Å². The first-order valence-corrected chi connectivity index (χ1v) is 9.81. The van der Waals surface area contributed by atoms with Gasteiger partial charge in [-0.3, -0.25) is 4.79 Å². The van der Waals surface area contributed by atoms with Crippen LogP contribution in [0.2, 0.25) is 5.02 Å². The third-order valence-electron chi connectivity index (χ3n) is 4.90. The minimum atomic E-state index is -0.0744. The monoisotopic (exact) mass is 382 g/mol. The van der Waals surface area contributed by atoms with Gasteiger partial charge >= 0.3 is 0 Å². The van der Waals surface area contributed by atoms with Crippen LogP contribution in [-0.4, -0.2) is 27.2 Å². The molecule has 2 aromatic heterocycles. The minimum Gasteiger partial charge on any atom is -0.352 e. The number of halogens is 1. The van der Waals surface area contributed by atoms with Gasteiger partial charge in [-0.1, -0.05) is 23.7 Å². The van der Waals surface area contributed by atoms with Gasteiger partial charge in [-0.2, -0.15) is 5.10 Å². The van der Waals surface area contributed by atoms with Crippen molar-refractivity contribution in [2.24, 2.45) is 0 Å². The average molecular weight is 383 g/mol. The number of pyridine rings is 1. The van der Waals surface area contributed by atoms with Gasteiger partial charge in [0, 0.05) is 29.2 Å². The van der Waals surface area contributed by atoms with Crippen LogP contribution in [0.5, 0.6) is 0 Å². The molecule has 1 aromatic carbocycles. The van der Waals surface area contributed by atoms with E-state index in [0.29, 0.717) is 23.0 Å². The molecule has 0 saturated heterocycles. The molecule has 0 radical (unpaired) electrons. The summed E-state index contributed by atoms with van der Waals surface area (Å²) >= 11 is 6.02. The van der Waals surface area contributed by atoms with E-state index in [9.17, 15) is 4.79 Å². The highest BCUT2D eigenvalue weighted by molar-refractivity contribution is 6.30. The van der Waals surface area contributed by atoms with Gasteiger partial charge in [0.1, 0.15) is 0 Å². The first kappa shape index (κ1) is 18.0. The normalized spacial score (nSPS) is 14.1.